The average Bonchev–Trinajstić information content (AvgIpc) is 2.66. The van der Waals surface area contributed by atoms with Crippen LogP contribution in [0.1, 0.15) is 15.9 Å². The summed E-state index contributed by atoms with van der Waals surface area (Å²) >= 11 is 6.64. The van der Waals surface area contributed by atoms with E-state index in [2.05, 4.69) is 31.9 Å². The zero-order valence-electron chi connectivity index (χ0n) is 13.6. The monoisotopic (exact) mass is 489 g/mol. The number of ether oxygens (including phenoxy) is 1. The van der Waals surface area contributed by atoms with Crippen LogP contribution in [0.5, 0.6) is 0 Å². The van der Waals surface area contributed by atoms with E-state index >= 15 is 0 Å². The minimum absolute atomic E-state index is 0.0397. The summed E-state index contributed by atoms with van der Waals surface area (Å²) in [5, 5.41) is 11.7. The van der Waals surface area contributed by atoms with Gasteiger partial charge in [0.05, 0.1) is 5.97 Å². The maximum Gasteiger partial charge on any atom is 0.196 e. The van der Waals surface area contributed by atoms with Crippen LogP contribution in [-0.2, 0) is 14.3 Å². The van der Waals surface area contributed by atoms with Crippen LogP contribution < -0.4 is 5.11 Å². The van der Waals surface area contributed by atoms with Crippen molar-refractivity contribution in [2.24, 2.45) is 5.92 Å². The molecule has 0 fully saturated rings. The van der Waals surface area contributed by atoms with Gasteiger partial charge in [-0.05, 0) is 45.3 Å². The summed E-state index contributed by atoms with van der Waals surface area (Å²) in [6, 6.07) is 6.53. The lowest BCUT2D eigenvalue weighted by molar-refractivity contribution is -0.255. The molecule has 3 atom stereocenters. The molecule has 0 saturated carbocycles. The highest BCUT2D eigenvalue weighted by molar-refractivity contribution is 9.12. The number of halogens is 2. The molecule has 3 aliphatic rings. The fraction of sp³-hybridized carbons (Fsp3) is 0.150. The summed E-state index contributed by atoms with van der Waals surface area (Å²) in [5.74, 6) is -1.78. The number of hydrogen-bond donors (Lipinski definition) is 0. The van der Waals surface area contributed by atoms with Crippen LogP contribution in [0, 0.1) is 5.92 Å². The van der Waals surface area contributed by atoms with E-state index in [4.69, 9.17) is 4.74 Å². The number of allylic oxidation sites excluding steroid dienone is 4. The van der Waals surface area contributed by atoms with Gasteiger partial charge in [-0.15, -0.1) is 0 Å². The summed E-state index contributed by atoms with van der Waals surface area (Å²) in [4.78, 5) is 35.3. The van der Waals surface area contributed by atoms with E-state index in [1.54, 1.807) is 30.4 Å². The van der Waals surface area contributed by atoms with Gasteiger partial charge in [-0.1, -0.05) is 46.3 Å². The van der Waals surface area contributed by atoms with E-state index in [9.17, 15) is 19.5 Å². The Morgan fingerprint density at radius 3 is 2.59 bits per heavy atom. The lowest BCUT2D eigenvalue weighted by Crippen LogP contribution is -2.43. The first kappa shape index (κ1) is 18.1. The molecule has 27 heavy (non-hydrogen) atoms. The lowest BCUT2D eigenvalue weighted by Gasteiger charge is -2.40. The molecule has 136 valence electrons. The standard InChI is InChI=1S/C20H12Br2O5/c21-16-13(23)7-5-11-15(9-3-1-2-4-10(9)20(25)26)12-6-8-14(24)17(22)19(12)27-18(11)16/h1-8,11,16,18H,(H,25,26)/p-1/t11-,16?,18+/m1/s1. The molecule has 1 aromatic carbocycles. The van der Waals surface area contributed by atoms with Crippen molar-refractivity contribution in [1.29, 1.82) is 0 Å². The van der Waals surface area contributed by atoms with Crippen molar-refractivity contribution in [2.45, 2.75) is 10.9 Å². The average molecular weight is 491 g/mol. The highest BCUT2D eigenvalue weighted by atomic mass is 79.9. The Morgan fingerprint density at radius 1 is 1.11 bits per heavy atom. The van der Waals surface area contributed by atoms with Gasteiger partial charge in [0.25, 0.3) is 0 Å². The number of alkyl halides is 1. The molecule has 1 unspecified atom stereocenters. The number of carboxylic acid groups (broad SMARTS) is 1. The van der Waals surface area contributed by atoms with Gasteiger partial charge in [-0.2, -0.15) is 0 Å². The van der Waals surface area contributed by atoms with E-state index in [-0.39, 0.29) is 27.5 Å². The number of carbonyl (C=O) groups excluding carboxylic acids is 3. The van der Waals surface area contributed by atoms with Gasteiger partial charge < -0.3 is 14.6 Å². The third-order valence-electron chi connectivity index (χ3n) is 4.76. The molecule has 2 aliphatic carbocycles. The molecule has 0 saturated heterocycles. The SMILES string of the molecule is O=C1C=CC2=C(c3ccccc3C(=O)[O-])[C@H]3C=CC(=O)C(Br)[C@H]3OC2=C1Br. The zero-order chi connectivity index (χ0) is 19.3. The van der Waals surface area contributed by atoms with Crippen molar-refractivity contribution in [3.63, 3.8) is 0 Å². The van der Waals surface area contributed by atoms with Crippen molar-refractivity contribution in [1.82, 2.24) is 0 Å². The minimum Gasteiger partial charge on any atom is -0.545 e. The molecular weight excluding hydrogens is 480 g/mol. The summed E-state index contributed by atoms with van der Waals surface area (Å²) in [6.45, 7) is 0. The number of aromatic carboxylic acids is 1. The molecule has 0 bridgehead atoms. The number of fused-ring (bicyclic) bond motifs is 2. The minimum atomic E-state index is -1.30. The molecule has 1 aromatic rings. The molecule has 0 N–H and O–H groups in total. The third-order valence-corrected chi connectivity index (χ3v) is 6.48. The van der Waals surface area contributed by atoms with Crippen LogP contribution in [-0.4, -0.2) is 28.5 Å². The number of carbonyl (C=O) groups is 3. The van der Waals surface area contributed by atoms with Gasteiger partial charge in [0.1, 0.15) is 21.2 Å². The lowest BCUT2D eigenvalue weighted by atomic mass is 9.76. The smallest absolute Gasteiger partial charge is 0.196 e. The predicted octanol–water partition coefficient (Wildman–Crippen LogP) is 2.47. The van der Waals surface area contributed by atoms with E-state index < -0.39 is 16.9 Å². The zero-order valence-corrected chi connectivity index (χ0v) is 16.8. The first-order chi connectivity index (χ1) is 12.9. The summed E-state index contributed by atoms with van der Waals surface area (Å²) in [6.07, 6.45) is 5.59. The summed E-state index contributed by atoms with van der Waals surface area (Å²) in [7, 11) is 0. The van der Waals surface area contributed by atoms with Gasteiger partial charge in [-0.3, -0.25) is 9.59 Å². The number of carboxylic acids is 1. The van der Waals surface area contributed by atoms with E-state index in [0.29, 0.717) is 22.5 Å². The van der Waals surface area contributed by atoms with Crippen LogP contribution in [0.25, 0.3) is 5.57 Å². The molecule has 0 amide bonds. The second-order valence-corrected chi connectivity index (χ2v) is 8.05. The van der Waals surface area contributed by atoms with Crippen molar-refractivity contribution in [3.8, 4) is 0 Å². The highest BCUT2D eigenvalue weighted by Crippen LogP contribution is 2.47. The number of rotatable bonds is 2. The Bertz CT molecular complexity index is 1010. The van der Waals surface area contributed by atoms with Crippen LogP contribution in [0.3, 0.4) is 0 Å². The molecular formula is C20H11Br2O5-. The quantitative estimate of drug-likeness (QED) is 0.594. The first-order valence-electron chi connectivity index (χ1n) is 8.10. The normalized spacial score (nSPS) is 26.7. The maximum atomic E-state index is 12.1. The molecule has 0 aromatic heterocycles. The largest absolute Gasteiger partial charge is 0.545 e. The van der Waals surface area contributed by atoms with Gasteiger partial charge in [0.2, 0.25) is 0 Å². The number of benzene rings is 1. The number of ketones is 2. The molecule has 5 nitrogen and oxygen atoms in total. The van der Waals surface area contributed by atoms with Crippen LogP contribution in [0.4, 0.5) is 0 Å². The number of hydrogen-bond acceptors (Lipinski definition) is 5. The fourth-order valence-corrected chi connectivity index (χ4v) is 4.57. The fourth-order valence-electron chi connectivity index (χ4n) is 3.54. The van der Waals surface area contributed by atoms with Crippen LogP contribution >= 0.6 is 31.9 Å². The Labute approximate surface area is 171 Å². The second-order valence-electron chi connectivity index (χ2n) is 6.27. The molecule has 1 heterocycles. The van der Waals surface area contributed by atoms with Crippen molar-refractivity contribution < 1.29 is 24.2 Å². The molecule has 7 heteroatoms. The summed E-state index contributed by atoms with van der Waals surface area (Å²) in [5.41, 5.74) is 1.80. The van der Waals surface area contributed by atoms with Crippen LogP contribution in [0.15, 0.2) is 64.4 Å². The van der Waals surface area contributed by atoms with Crippen LogP contribution in [0.2, 0.25) is 0 Å². The van der Waals surface area contributed by atoms with Crippen molar-refractivity contribution in [3.05, 3.63) is 75.5 Å². The Kier molecular flexibility index (Phi) is 4.52. The Morgan fingerprint density at radius 2 is 1.85 bits per heavy atom. The van der Waals surface area contributed by atoms with E-state index in [0.717, 1.165) is 0 Å². The maximum absolute atomic E-state index is 12.1. The third kappa shape index (κ3) is 2.85. The van der Waals surface area contributed by atoms with Gasteiger partial charge in [-0.25, -0.2) is 0 Å². The van der Waals surface area contributed by atoms with Crippen molar-refractivity contribution >= 4 is 55.0 Å². The van der Waals surface area contributed by atoms with Gasteiger partial charge >= 0.3 is 0 Å². The highest BCUT2D eigenvalue weighted by Gasteiger charge is 2.44. The molecule has 4 rings (SSSR count). The molecule has 1 aliphatic heterocycles. The summed E-state index contributed by atoms with van der Waals surface area (Å²) < 4.78 is 6.27. The van der Waals surface area contributed by atoms with Gasteiger partial charge in [0.15, 0.2) is 11.6 Å². The van der Waals surface area contributed by atoms with Crippen molar-refractivity contribution in [2.75, 3.05) is 0 Å². The first-order valence-corrected chi connectivity index (χ1v) is 9.81. The van der Waals surface area contributed by atoms with Gasteiger partial charge in [0, 0.05) is 17.1 Å². The second kappa shape index (κ2) is 6.73. The topological polar surface area (TPSA) is 83.5 Å². The Hall–Kier alpha value is -2.25. The van der Waals surface area contributed by atoms with E-state index in [1.807, 2.05) is 0 Å². The molecule has 0 spiro atoms. The Balaban J connectivity index is 2.04. The van der Waals surface area contributed by atoms with E-state index in [1.165, 1.54) is 18.2 Å². The predicted molar refractivity (Wildman–Crippen MR) is 103 cm³/mol. The molecule has 0 radical (unpaired) electrons.